The first-order valence-electron chi connectivity index (χ1n) is 7.27. The number of carbonyl (C=O) groups is 1. The zero-order valence-electron chi connectivity index (χ0n) is 11.4. The Labute approximate surface area is 106 Å². The van der Waals surface area contributed by atoms with E-state index in [1.54, 1.807) is 0 Å². The smallest absolute Gasteiger partial charge is 0.237 e. The van der Waals surface area contributed by atoms with Gasteiger partial charge in [0.1, 0.15) is 0 Å². The molecule has 17 heavy (non-hydrogen) atoms. The van der Waals surface area contributed by atoms with Crippen LogP contribution in [0.1, 0.15) is 65.2 Å². The molecule has 1 amide bonds. The highest BCUT2D eigenvalue weighted by atomic mass is 16.2. The third-order valence-corrected chi connectivity index (χ3v) is 3.51. The summed E-state index contributed by atoms with van der Waals surface area (Å²) in [5.41, 5.74) is 0. The lowest BCUT2D eigenvalue weighted by molar-refractivity contribution is -0.123. The lowest BCUT2D eigenvalue weighted by Crippen LogP contribution is -2.46. The van der Waals surface area contributed by atoms with E-state index < -0.39 is 0 Å². The predicted octanol–water partition coefficient (Wildman–Crippen LogP) is 2.60. The molecule has 1 aliphatic rings. The number of nitrogens with one attached hydrogen (secondary N) is 2. The molecule has 0 aromatic heterocycles. The molecule has 1 saturated heterocycles. The van der Waals surface area contributed by atoms with Crippen molar-refractivity contribution in [1.29, 1.82) is 0 Å². The Bertz CT molecular complexity index is 218. The van der Waals surface area contributed by atoms with E-state index in [9.17, 15) is 4.79 Å². The van der Waals surface area contributed by atoms with E-state index in [1.165, 1.54) is 32.1 Å². The van der Waals surface area contributed by atoms with Crippen LogP contribution in [0, 0.1) is 0 Å². The number of hydrogen-bond acceptors (Lipinski definition) is 2. The second-order valence-corrected chi connectivity index (χ2v) is 5.26. The van der Waals surface area contributed by atoms with E-state index in [4.69, 9.17) is 0 Å². The van der Waals surface area contributed by atoms with E-state index >= 15 is 0 Å². The SMILES string of the molecule is CCCCCCC(C)NC1CCCCNC1=O. The summed E-state index contributed by atoms with van der Waals surface area (Å²) in [5.74, 6) is 0.197. The fraction of sp³-hybridized carbons (Fsp3) is 0.929. The van der Waals surface area contributed by atoms with Crippen molar-refractivity contribution < 1.29 is 4.79 Å². The maximum atomic E-state index is 11.8. The summed E-state index contributed by atoms with van der Waals surface area (Å²) >= 11 is 0. The van der Waals surface area contributed by atoms with Crippen molar-refractivity contribution in [3.8, 4) is 0 Å². The third kappa shape index (κ3) is 6.06. The molecular formula is C14H28N2O. The van der Waals surface area contributed by atoms with Crippen molar-refractivity contribution >= 4 is 5.91 Å². The summed E-state index contributed by atoms with van der Waals surface area (Å²) in [7, 11) is 0. The summed E-state index contributed by atoms with van der Waals surface area (Å²) in [6, 6.07) is 0.499. The van der Waals surface area contributed by atoms with Crippen LogP contribution < -0.4 is 10.6 Å². The van der Waals surface area contributed by atoms with E-state index in [0.717, 1.165) is 25.8 Å². The van der Waals surface area contributed by atoms with Crippen molar-refractivity contribution in [1.82, 2.24) is 10.6 Å². The van der Waals surface area contributed by atoms with Gasteiger partial charge in [0.15, 0.2) is 0 Å². The maximum Gasteiger partial charge on any atom is 0.237 e. The second kappa shape index (κ2) is 8.51. The second-order valence-electron chi connectivity index (χ2n) is 5.26. The molecule has 0 aromatic carbocycles. The van der Waals surface area contributed by atoms with Gasteiger partial charge in [-0.05, 0) is 32.6 Å². The zero-order chi connectivity index (χ0) is 12.5. The van der Waals surface area contributed by atoms with Gasteiger partial charge in [0.2, 0.25) is 5.91 Å². The van der Waals surface area contributed by atoms with Crippen LogP contribution in [0.3, 0.4) is 0 Å². The molecule has 1 fully saturated rings. The molecule has 0 aromatic rings. The monoisotopic (exact) mass is 240 g/mol. The summed E-state index contributed by atoms with van der Waals surface area (Å²) in [6.45, 7) is 5.28. The minimum absolute atomic E-state index is 0.0404. The minimum Gasteiger partial charge on any atom is -0.355 e. The molecule has 2 N–H and O–H groups in total. The van der Waals surface area contributed by atoms with E-state index in [1.807, 2.05) is 0 Å². The van der Waals surface area contributed by atoms with Crippen molar-refractivity contribution in [3.05, 3.63) is 0 Å². The first kappa shape index (κ1) is 14.5. The van der Waals surface area contributed by atoms with E-state index in [-0.39, 0.29) is 11.9 Å². The largest absolute Gasteiger partial charge is 0.355 e. The van der Waals surface area contributed by atoms with Gasteiger partial charge in [0.05, 0.1) is 6.04 Å². The van der Waals surface area contributed by atoms with Crippen molar-refractivity contribution in [3.63, 3.8) is 0 Å². The average Bonchev–Trinajstić information content (AvgIpc) is 2.51. The standard InChI is InChI=1S/C14H28N2O/c1-3-4-5-6-9-12(2)16-13-10-7-8-11-15-14(13)17/h12-13,16H,3-11H2,1-2H3,(H,15,17). The van der Waals surface area contributed by atoms with Crippen molar-refractivity contribution in [2.45, 2.75) is 77.3 Å². The topological polar surface area (TPSA) is 41.1 Å². The van der Waals surface area contributed by atoms with Gasteiger partial charge in [-0.3, -0.25) is 4.79 Å². The molecule has 3 heteroatoms. The van der Waals surface area contributed by atoms with Gasteiger partial charge in [0.25, 0.3) is 0 Å². The van der Waals surface area contributed by atoms with Crippen LogP contribution in [-0.4, -0.2) is 24.5 Å². The van der Waals surface area contributed by atoms with Gasteiger partial charge in [0, 0.05) is 12.6 Å². The molecule has 1 aliphatic heterocycles. The Morgan fingerprint density at radius 2 is 2.18 bits per heavy atom. The Hall–Kier alpha value is -0.570. The summed E-state index contributed by atoms with van der Waals surface area (Å²) in [4.78, 5) is 11.8. The average molecular weight is 240 g/mol. The van der Waals surface area contributed by atoms with Crippen LogP contribution in [-0.2, 0) is 4.79 Å². The molecule has 0 radical (unpaired) electrons. The zero-order valence-corrected chi connectivity index (χ0v) is 11.4. The highest BCUT2D eigenvalue weighted by Gasteiger charge is 2.21. The molecule has 0 bridgehead atoms. The van der Waals surface area contributed by atoms with Crippen LogP contribution >= 0.6 is 0 Å². The fourth-order valence-corrected chi connectivity index (χ4v) is 2.40. The molecule has 0 spiro atoms. The van der Waals surface area contributed by atoms with Gasteiger partial charge in [-0.15, -0.1) is 0 Å². The first-order chi connectivity index (χ1) is 8.24. The fourth-order valence-electron chi connectivity index (χ4n) is 2.40. The van der Waals surface area contributed by atoms with Crippen LogP contribution in [0.5, 0.6) is 0 Å². The molecule has 2 atom stereocenters. The third-order valence-electron chi connectivity index (χ3n) is 3.51. The Kier molecular flexibility index (Phi) is 7.25. The summed E-state index contributed by atoms with van der Waals surface area (Å²) in [6.07, 6.45) is 9.65. The van der Waals surface area contributed by atoms with Crippen LogP contribution in [0.4, 0.5) is 0 Å². The first-order valence-corrected chi connectivity index (χ1v) is 7.27. The Morgan fingerprint density at radius 1 is 1.35 bits per heavy atom. The normalized spacial score (nSPS) is 22.9. The number of unbranched alkanes of at least 4 members (excludes halogenated alkanes) is 3. The Morgan fingerprint density at radius 3 is 2.94 bits per heavy atom. The molecular weight excluding hydrogens is 212 g/mol. The Balaban J connectivity index is 2.19. The highest BCUT2D eigenvalue weighted by molar-refractivity contribution is 5.81. The van der Waals surface area contributed by atoms with Crippen molar-refractivity contribution in [2.75, 3.05) is 6.54 Å². The van der Waals surface area contributed by atoms with Gasteiger partial charge in [-0.25, -0.2) is 0 Å². The minimum atomic E-state index is 0.0404. The number of rotatable bonds is 7. The molecule has 0 aliphatic carbocycles. The summed E-state index contributed by atoms with van der Waals surface area (Å²) in [5, 5.41) is 6.45. The van der Waals surface area contributed by atoms with Gasteiger partial charge in [-0.2, -0.15) is 0 Å². The molecule has 1 rings (SSSR count). The molecule has 0 saturated carbocycles. The number of hydrogen-bond donors (Lipinski definition) is 2. The predicted molar refractivity (Wildman–Crippen MR) is 72.0 cm³/mol. The van der Waals surface area contributed by atoms with Gasteiger partial charge >= 0.3 is 0 Å². The van der Waals surface area contributed by atoms with Crippen LogP contribution in [0.2, 0.25) is 0 Å². The molecule has 1 heterocycles. The molecule has 2 unspecified atom stereocenters. The molecule has 3 nitrogen and oxygen atoms in total. The van der Waals surface area contributed by atoms with Crippen LogP contribution in [0.15, 0.2) is 0 Å². The van der Waals surface area contributed by atoms with Gasteiger partial charge < -0.3 is 10.6 Å². The van der Waals surface area contributed by atoms with Crippen LogP contribution in [0.25, 0.3) is 0 Å². The number of amides is 1. The number of carbonyl (C=O) groups excluding carboxylic acids is 1. The lowest BCUT2D eigenvalue weighted by atomic mass is 10.1. The van der Waals surface area contributed by atoms with Crippen molar-refractivity contribution in [2.24, 2.45) is 0 Å². The van der Waals surface area contributed by atoms with E-state index in [2.05, 4.69) is 24.5 Å². The summed E-state index contributed by atoms with van der Waals surface area (Å²) < 4.78 is 0. The quantitative estimate of drug-likeness (QED) is 0.672. The maximum absolute atomic E-state index is 11.8. The highest BCUT2D eigenvalue weighted by Crippen LogP contribution is 2.09. The van der Waals surface area contributed by atoms with E-state index in [0.29, 0.717) is 6.04 Å². The molecule has 100 valence electrons. The van der Waals surface area contributed by atoms with Gasteiger partial charge in [-0.1, -0.05) is 32.6 Å². The lowest BCUT2D eigenvalue weighted by Gasteiger charge is -2.20.